The van der Waals surface area contributed by atoms with Gasteiger partial charge in [-0.25, -0.2) is 8.78 Å². The molecule has 2 aromatic rings. The number of nitrogen functional groups attached to an aromatic ring is 1. The van der Waals surface area contributed by atoms with Crippen LogP contribution in [0.25, 0.3) is 0 Å². The molecule has 0 saturated heterocycles. The minimum Gasteiger partial charge on any atom is -0.399 e. The highest BCUT2D eigenvalue weighted by Crippen LogP contribution is 2.30. The molecule has 0 unspecified atom stereocenters. The molecule has 0 heterocycles. The van der Waals surface area contributed by atoms with Crippen molar-refractivity contribution in [3.8, 4) is 0 Å². The molecule has 0 bridgehead atoms. The molecule has 0 aliphatic carbocycles. The van der Waals surface area contributed by atoms with Gasteiger partial charge in [-0.1, -0.05) is 28.1 Å². The van der Waals surface area contributed by atoms with Crippen LogP contribution in [0.2, 0.25) is 0 Å². The lowest BCUT2D eigenvalue weighted by molar-refractivity contribution is 0.542. The Morgan fingerprint density at radius 1 is 1.11 bits per heavy atom. The van der Waals surface area contributed by atoms with E-state index in [1.54, 1.807) is 0 Å². The highest BCUT2D eigenvalue weighted by atomic mass is 79.9. The van der Waals surface area contributed by atoms with E-state index in [9.17, 15) is 8.78 Å². The lowest BCUT2D eigenvalue weighted by atomic mass is 10.2. The molecule has 0 radical (unpaired) electrons. The largest absolute Gasteiger partial charge is 0.399 e. The minimum atomic E-state index is -0.618. The number of hydrogen-bond donors (Lipinski definition) is 1. The van der Waals surface area contributed by atoms with Gasteiger partial charge in [0.15, 0.2) is 0 Å². The van der Waals surface area contributed by atoms with E-state index in [1.807, 2.05) is 24.3 Å². The van der Waals surface area contributed by atoms with Gasteiger partial charge in [-0.3, -0.25) is 0 Å². The molecule has 0 fully saturated rings. The number of thioether (sulfide) groups is 1. The first-order valence-electron chi connectivity index (χ1n) is 5.18. The average Bonchev–Trinajstić information content (AvgIpc) is 2.27. The molecule has 2 aromatic carbocycles. The van der Waals surface area contributed by atoms with Crippen LogP contribution < -0.4 is 5.73 Å². The van der Waals surface area contributed by atoms with Crippen LogP contribution in [0.5, 0.6) is 0 Å². The van der Waals surface area contributed by atoms with Crippen LogP contribution in [0, 0.1) is 11.6 Å². The van der Waals surface area contributed by atoms with E-state index in [4.69, 9.17) is 5.73 Å². The van der Waals surface area contributed by atoms with Gasteiger partial charge in [-0.15, -0.1) is 11.8 Å². The Bertz CT molecular complexity index is 552. The number of nitrogens with two attached hydrogens (primary N) is 1. The topological polar surface area (TPSA) is 26.0 Å². The Balaban J connectivity index is 2.16. The number of benzene rings is 2. The molecule has 2 rings (SSSR count). The van der Waals surface area contributed by atoms with Crippen molar-refractivity contribution in [1.29, 1.82) is 0 Å². The number of hydrogen-bond acceptors (Lipinski definition) is 2. The first-order valence-corrected chi connectivity index (χ1v) is 6.96. The summed E-state index contributed by atoms with van der Waals surface area (Å²) in [5, 5.41) is 0. The van der Waals surface area contributed by atoms with Gasteiger partial charge in [0.25, 0.3) is 0 Å². The fourth-order valence-electron chi connectivity index (χ4n) is 1.50. The zero-order valence-electron chi connectivity index (χ0n) is 9.29. The first kappa shape index (κ1) is 13.4. The zero-order valence-corrected chi connectivity index (χ0v) is 11.7. The summed E-state index contributed by atoms with van der Waals surface area (Å²) in [6.07, 6.45) is 0. The van der Waals surface area contributed by atoms with E-state index in [-0.39, 0.29) is 10.6 Å². The monoisotopic (exact) mass is 329 g/mol. The van der Waals surface area contributed by atoms with Crippen molar-refractivity contribution in [3.63, 3.8) is 0 Å². The van der Waals surface area contributed by atoms with Crippen LogP contribution in [-0.4, -0.2) is 0 Å². The van der Waals surface area contributed by atoms with E-state index in [0.717, 1.165) is 33.9 Å². The van der Waals surface area contributed by atoms with Gasteiger partial charge in [-0.2, -0.15) is 0 Å². The third-order valence-corrected chi connectivity index (χ3v) is 3.94. The highest BCUT2D eigenvalue weighted by molar-refractivity contribution is 9.10. The summed E-state index contributed by atoms with van der Waals surface area (Å²) in [6, 6.07) is 9.87. The van der Waals surface area contributed by atoms with Gasteiger partial charge in [0.2, 0.25) is 0 Å². The molecular weight excluding hydrogens is 320 g/mol. The maximum Gasteiger partial charge on any atom is 0.141 e. The van der Waals surface area contributed by atoms with Gasteiger partial charge in [0.05, 0.1) is 4.90 Å². The van der Waals surface area contributed by atoms with Gasteiger partial charge < -0.3 is 5.73 Å². The predicted molar refractivity (Wildman–Crippen MR) is 74.5 cm³/mol. The second-order valence-electron chi connectivity index (χ2n) is 3.73. The van der Waals surface area contributed by atoms with Crippen molar-refractivity contribution in [2.75, 3.05) is 5.73 Å². The van der Waals surface area contributed by atoms with Crippen LogP contribution in [0.4, 0.5) is 14.5 Å². The summed E-state index contributed by atoms with van der Waals surface area (Å²) >= 11 is 4.47. The smallest absolute Gasteiger partial charge is 0.141 e. The fourth-order valence-corrected chi connectivity index (χ4v) is 2.83. The Morgan fingerprint density at radius 3 is 2.39 bits per heavy atom. The second kappa shape index (κ2) is 5.71. The van der Waals surface area contributed by atoms with E-state index in [1.165, 1.54) is 0 Å². The van der Waals surface area contributed by atoms with Crippen molar-refractivity contribution in [2.24, 2.45) is 0 Å². The molecule has 1 nitrogen and oxygen atoms in total. The summed E-state index contributed by atoms with van der Waals surface area (Å²) in [4.78, 5) is 0.00387. The second-order valence-corrected chi connectivity index (χ2v) is 5.63. The Morgan fingerprint density at radius 2 is 1.78 bits per heavy atom. The number of halogens is 3. The standard InChI is InChI=1S/C13H10BrF2NS/c14-9-3-1-2-8(4-9)7-18-13-11(15)5-10(17)6-12(13)16/h1-6H,7,17H2. The van der Waals surface area contributed by atoms with Gasteiger partial charge in [0, 0.05) is 15.9 Å². The van der Waals surface area contributed by atoms with E-state index in [2.05, 4.69) is 15.9 Å². The van der Waals surface area contributed by atoms with Crippen molar-refractivity contribution in [3.05, 3.63) is 58.1 Å². The Labute approximate surface area is 117 Å². The summed E-state index contributed by atoms with van der Waals surface area (Å²) < 4.78 is 28.0. The molecule has 5 heteroatoms. The third kappa shape index (κ3) is 3.23. The SMILES string of the molecule is Nc1cc(F)c(SCc2cccc(Br)c2)c(F)c1. The molecule has 0 aromatic heterocycles. The zero-order chi connectivity index (χ0) is 13.1. The summed E-state index contributed by atoms with van der Waals surface area (Å²) in [7, 11) is 0. The van der Waals surface area contributed by atoms with Crippen LogP contribution in [0.3, 0.4) is 0 Å². The lowest BCUT2D eigenvalue weighted by Gasteiger charge is -2.06. The minimum absolute atomic E-state index is 0.00387. The normalized spacial score (nSPS) is 10.6. The van der Waals surface area contributed by atoms with E-state index >= 15 is 0 Å². The van der Waals surface area contributed by atoms with Crippen LogP contribution >= 0.6 is 27.7 Å². The van der Waals surface area contributed by atoms with Crippen molar-refractivity contribution < 1.29 is 8.78 Å². The quantitative estimate of drug-likeness (QED) is 0.657. The average molecular weight is 330 g/mol. The van der Waals surface area contributed by atoms with Crippen LogP contribution in [0.1, 0.15) is 5.56 Å². The van der Waals surface area contributed by atoms with Crippen LogP contribution in [0.15, 0.2) is 45.8 Å². The molecular formula is C13H10BrF2NS. The molecule has 0 atom stereocenters. The molecule has 94 valence electrons. The van der Waals surface area contributed by atoms with Gasteiger partial charge in [0.1, 0.15) is 11.6 Å². The lowest BCUT2D eigenvalue weighted by Crippen LogP contribution is -1.93. The van der Waals surface area contributed by atoms with E-state index < -0.39 is 11.6 Å². The van der Waals surface area contributed by atoms with Crippen molar-refractivity contribution in [1.82, 2.24) is 0 Å². The van der Waals surface area contributed by atoms with Crippen molar-refractivity contribution in [2.45, 2.75) is 10.6 Å². The summed E-state index contributed by atoms with van der Waals surface area (Å²) in [5.74, 6) is -0.739. The molecule has 18 heavy (non-hydrogen) atoms. The van der Waals surface area contributed by atoms with Gasteiger partial charge >= 0.3 is 0 Å². The third-order valence-electron chi connectivity index (χ3n) is 2.29. The maximum absolute atomic E-state index is 13.5. The molecule has 0 aliphatic rings. The molecule has 0 aliphatic heterocycles. The number of anilines is 1. The van der Waals surface area contributed by atoms with E-state index in [0.29, 0.717) is 5.75 Å². The first-order chi connectivity index (χ1) is 8.56. The van der Waals surface area contributed by atoms with Gasteiger partial charge in [-0.05, 0) is 29.8 Å². The Hall–Kier alpha value is -1.07. The summed E-state index contributed by atoms with van der Waals surface area (Å²) in [5.41, 5.74) is 6.45. The fraction of sp³-hybridized carbons (Fsp3) is 0.0769. The molecule has 0 saturated carbocycles. The molecule has 0 amide bonds. The Kier molecular flexibility index (Phi) is 4.24. The van der Waals surface area contributed by atoms with Crippen LogP contribution in [-0.2, 0) is 5.75 Å². The highest BCUT2D eigenvalue weighted by Gasteiger charge is 2.11. The van der Waals surface area contributed by atoms with Crippen molar-refractivity contribution >= 4 is 33.4 Å². The maximum atomic E-state index is 13.5. The predicted octanol–water partition coefficient (Wildman–Crippen LogP) is 4.60. The number of rotatable bonds is 3. The molecule has 0 spiro atoms. The summed E-state index contributed by atoms with van der Waals surface area (Å²) in [6.45, 7) is 0. The molecule has 2 N–H and O–H groups in total.